The zero-order valence-corrected chi connectivity index (χ0v) is 16.4. The number of rotatable bonds is 8. The summed E-state index contributed by atoms with van der Waals surface area (Å²) in [6, 6.07) is 10.2. The second kappa shape index (κ2) is 9.96. The van der Waals surface area contributed by atoms with Crippen molar-refractivity contribution in [3.63, 3.8) is 0 Å². The van der Waals surface area contributed by atoms with Crippen LogP contribution in [0.2, 0.25) is 0 Å². The van der Waals surface area contributed by atoms with Crippen LogP contribution in [0.5, 0.6) is 0 Å². The Kier molecular flexibility index (Phi) is 7.11. The molecule has 2 aromatic carbocycles. The van der Waals surface area contributed by atoms with Gasteiger partial charge in [0.25, 0.3) is 5.91 Å². The third-order valence-corrected chi connectivity index (χ3v) is 4.85. The van der Waals surface area contributed by atoms with Crippen LogP contribution >= 0.6 is 0 Å². The molecule has 0 radical (unpaired) electrons. The van der Waals surface area contributed by atoms with Gasteiger partial charge in [-0.05, 0) is 42.7 Å². The van der Waals surface area contributed by atoms with Crippen LogP contribution in [0.1, 0.15) is 41.6 Å². The van der Waals surface area contributed by atoms with Crippen LogP contribution < -0.4 is 15.5 Å². The van der Waals surface area contributed by atoms with Crippen LogP contribution in [-0.2, 0) is 16.1 Å². The highest BCUT2D eigenvalue weighted by Crippen LogP contribution is 2.21. The van der Waals surface area contributed by atoms with E-state index in [1.165, 1.54) is 0 Å². The number of anilines is 1. The number of nitrogens with zero attached hydrogens (tertiary/aromatic N) is 1. The Labute approximate surface area is 173 Å². The fourth-order valence-electron chi connectivity index (χ4n) is 3.22. The second-order valence-electron chi connectivity index (χ2n) is 7.08. The molecule has 2 aromatic rings. The van der Waals surface area contributed by atoms with Crippen LogP contribution in [0, 0.1) is 11.6 Å². The third kappa shape index (κ3) is 5.62. The van der Waals surface area contributed by atoms with Gasteiger partial charge in [0.05, 0.1) is 5.56 Å². The summed E-state index contributed by atoms with van der Waals surface area (Å²) in [5, 5.41) is 5.31. The Morgan fingerprint density at radius 2 is 1.80 bits per heavy atom. The van der Waals surface area contributed by atoms with E-state index in [0.29, 0.717) is 25.5 Å². The van der Waals surface area contributed by atoms with Gasteiger partial charge >= 0.3 is 0 Å². The van der Waals surface area contributed by atoms with Gasteiger partial charge in [-0.1, -0.05) is 12.1 Å². The zero-order valence-electron chi connectivity index (χ0n) is 16.4. The standard InChI is InChI=1S/C22H23F2N3O3/c23-16-7-10-18(19(24)13-16)22(30)25-11-1-3-20(28)26-14-15-5-8-17(9-6-15)27-12-2-4-21(27)29/h5-10,13H,1-4,11-12,14H2,(H,25,30)(H,26,28). The Morgan fingerprint density at radius 1 is 1.03 bits per heavy atom. The minimum atomic E-state index is -0.926. The molecule has 0 aromatic heterocycles. The van der Waals surface area contributed by atoms with E-state index >= 15 is 0 Å². The summed E-state index contributed by atoms with van der Waals surface area (Å²) in [7, 11) is 0. The highest BCUT2D eigenvalue weighted by molar-refractivity contribution is 5.95. The molecule has 158 valence electrons. The average molecular weight is 415 g/mol. The highest BCUT2D eigenvalue weighted by atomic mass is 19.1. The molecular weight excluding hydrogens is 392 g/mol. The first-order valence-electron chi connectivity index (χ1n) is 9.83. The van der Waals surface area contributed by atoms with E-state index in [9.17, 15) is 23.2 Å². The smallest absolute Gasteiger partial charge is 0.254 e. The van der Waals surface area contributed by atoms with Gasteiger partial charge in [0.15, 0.2) is 0 Å². The molecule has 3 amide bonds. The summed E-state index contributed by atoms with van der Waals surface area (Å²) >= 11 is 0. The fraction of sp³-hybridized carbons (Fsp3) is 0.318. The lowest BCUT2D eigenvalue weighted by Crippen LogP contribution is -2.28. The molecule has 1 saturated heterocycles. The van der Waals surface area contributed by atoms with Crippen LogP contribution in [0.25, 0.3) is 0 Å². The van der Waals surface area contributed by atoms with Gasteiger partial charge < -0.3 is 15.5 Å². The molecule has 3 rings (SSSR count). The summed E-state index contributed by atoms with van der Waals surface area (Å²) in [5.41, 5.74) is 1.54. The maximum absolute atomic E-state index is 13.5. The van der Waals surface area contributed by atoms with Gasteiger partial charge in [-0.3, -0.25) is 14.4 Å². The number of halogens is 2. The lowest BCUT2D eigenvalue weighted by Gasteiger charge is -2.16. The molecule has 2 N–H and O–H groups in total. The van der Waals surface area contributed by atoms with E-state index in [1.807, 2.05) is 24.3 Å². The summed E-state index contributed by atoms with van der Waals surface area (Å²) in [6.45, 7) is 1.29. The molecule has 1 aliphatic rings. The van der Waals surface area contributed by atoms with Crippen molar-refractivity contribution in [1.29, 1.82) is 0 Å². The van der Waals surface area contributed by atoms with Crippen molar-refractivity contribution in [2.45, 2.75) is 32.2 Å². The molecule has 0 saturated carbocycles. The van der Waals surface area contributed by atoms with E-state index in [-0.39, 0.29) is 30.3 Å². The van der Waals surface area contributed by atoms with Crippen LogP contribution in [0.15, 0.2) is 42.5 Å². The summed E-state index contributed by atoms with van der Waals surface area (Å²) in [4.78, 5) is 37.4. The van der Waals surface area contributed by atoms with E-state index in [0.717, 1.165) is 36.3 Å². The second-order valence-corrected chi connectivity index (χ2v) is 7.08. The largest absolute Gasteiger partial charge is 0.352 e. The van der Waals surface area contributed by atoms with E-state index in [1.54, 1.807) is 4.90 Å². The lowest BCUT2D eigenvalue weighted by molar-refractivity contribution is -0.121. The number of amides is 3. The number of carbonyl (C=O) groups is 3. The van der Waals surface area contributed by atoms with Crippen molar-refractivity contribution in [2.75, 3.05) is 18.0 Å². The van der Waals surface area contributed by atoms with Crippen molar-refractivity contribution in [1.82, 2.24) is 10.6 Å². The number of benzene rings is 2. The lowest BCUT2D eigenvalue weighted by atomic mass is 10.2. The summed E-state index contributed by atoms with van der Waals surface area (Å²) in [5.74, 6) is -2.36. The normalized spacial score (nSPS) is 13.4. The van der Waals surface area contributed by atoms with Crippen molar-refractivity contribution >= 4 is 23.4 Å². The SMILES string of the molecule is O=C(CCCNC(=O)c1ccc(F)cc1F)NCc1ccc(N2CCCC2=O)cc1. The summed E-state index contributed by atoms with van der Waals surface area (Å²) < 4.78 is 26.4. The van der Waals surface area contributed by atoms with Crippen LogP contribution in [0.4, 0.5) is 14.5 Å². The molecule has 0 spiro atoms. The monoisotopic (exact) mass is 415 g/mol. The van der Waals surface area contributed by atoms with Crippen LogP contribution in [-0.4, -0.2) is 30.8 Å². The average Bonchev–Trinajstić information content (AvgIpc) is 3.15. The topological polar surface area (TPSA) is 78.5 Å². The number of hydrogen-bond donors (Lipinski definition) is 2. The number of hydrogen-bond acceptors (Lipinski definition) is 3. The first kappa shape index (κ1) is 21.4. The highest BCUT2D eigenvalue weighted by Gasteiger charge is 2.21. The Morgan fingerprint density at radius 3 is 2.47 bits per heavy atom. The third-order valence-electron chi connectivity index (χ3n) is 4.85. The van der Waals surface area contributed by atoms with E-state index < -0.39 is 17.5 Å². The first-order valence-corrected chi connectivity index (χ1v) is 9.83. The first-order chi connectivity index (χ1) is 14.4. The molecule has 0 aliphatic carbocycles. The molecule has 1 fully saturated rings. The van der Waals surface area contributed by atoms with E-state index in [2.05, 4.69) is 10.6 Å². The van der Waals surface area contributed by atoms with E-state index in [4.69, 9.17) is 0 Å². The molecule has 1 aliphatic heterocycles. The maximum atomic E-state index is 13.5. The molecule has 1 heterocycles. The van der Waals surface area contributed by atoms with Crippen molar-refractivity contribution < 1.29 is 23.2 Å². The Balaban J connectivity index is 1.36. The maximum Gasteiger partial charge on any atom is 0.254 e. The molecule has 8 heteroatoms. The quantitative estimate of drug-likeness (QED) is 0.651. The predicted octanol–water partition coefficient (Wildman–Crippen LogP) is 2.92. The molecular formula is C22H23F2N3O3. The minimum Gasteiger partial charge on any atom is -0.352 e. The molecule has 6 nitrogen and oxygen atoms in total. The zero-order chi connectivity index (χ0) is 21.5. The number of nitrogens with one attached hydrogen (secondary N) is 2. The fourth-order valence-corrected chi connectivity index (χ4v) is 3.22. The van der Waals surface area contributed by atoms with Crippen molar-refractivity contribution in [3.8, 4) is 0 Å². The molecule has 0 bridgehead atoms. The van der Waals surface area contributed by atoms with Gasteiger partial charge in [0, 0.05) is 44.2 Å². The Bertz CT molecular complexity index is 932. The molecule has 30 heavy (non-hydrogen) atoms. The van der Waals surface area contributed by atoms with Crippen LogP contribution in [0.3, 0.4) is 0 Å². The molecule has 0 unspecified atom stereocenters. The Hall–Kier alpha value is -3.29. The van der Waals surface area contributed by atoms with Crippen molar-refractivity contribution in [2.24, 2.45) is 0 Å². The number of carbonyl (C=O) groups excluding carboxylic acids is 3. The van der Waals surface area contributed by atoms with Gasteiger partial charge in [-0.25, -0.2) is 8.78 Å². The van der Waals surface area contributed by atoms with Gasteiger partial charge in [-0.2, -0.15) is 0 Å². The molecule has 0 atom stereocenters. The van der Waals surface area contributed by atoms with Gasteiger partial charge in [-0.15, -0.1) is 0 Å². The van der Waals surface area contributed by atoms with Gasteiger partial charge in [0.1, 0.15) is 11.6 Å². The summed E-state index contributed by atoms with van der Waals surface area (Å²) in [6.07, 6.45) is 2.04. The predicted molar refractivity (Wildman–Crippen MR) is 108 cm³/mol. The minimum absolute atomic E-state index is 0.130. The van der Waals surface area contributed by atoms with Gasteiger partial charge in [0.2, 0.25) is 11.8 Å². The van der Waals surface area contributed by atoms with Crippen molar-refractivity contribution in [3.05, 3.63) is 65.2 Å².